The summed E-state index contributed by atoms with van der Waals surface area (Å²) in [7, 11) is 0. The molecule has 0 unspecified atom stereocenters. The molecule has 0 saturated carbocycles. The maximum Gasteiger partial charge on any atom is 0.160 e. The predicted molar refractivity (Wildman–Crippen MR) is 241 cm³/mol. The third-order valence-corrected chi connectivity index (χ3v) is 12.3. The van der Waals surface area contributed by atoms with Gasteiger partial charge in [-0.15, -0.1) is 0 Å². The van der Waals surface area contributed by atoms with Crippen molar-refractivity contribution in [1.82, 2.24) is 0 Å². The second-order valence-corrected chi connectivity index (χ2v) is 16.0. The first-order chi connectivity index (χ1) is 28.0. The normalized spacial score (nSPS) is 14.2. The van der Waals surface area contributed by atoms with Gasteiger partial charge in [0, 0.05) is 38.5 Å². The van der Waals surface area contributed by atoms with E-state index < -0.39 is 0 Å². The topological polar surface area (TPSA) is 16.4 Å². The molecule has 2 heteroatoms. The smallest absolute Gasteiger partial charge is 0.160 e. The predicted octanol–water partition coefficient (Wildman–Crippen LogP) is 15.6. The third kappa shape index (κ3) is 5.32. The van der Waals surface area contributed by atoms with Crippen molar-refractivity contribution in [2.75, 3.05) is 4.90 Å². The van der Waals surface area contributed by atoms with Gasteiger partial charge in [-0.25, -0.2) is 0 Å². The Morgan fingerprint density at radius 2 is 1.11 bits per heavy atom. The largest absolute Gasteiger partial charge is 0.453 e. The Morgan fingerprint density at radius 1 is 0.474 bits per heavy atom. The summed E-state index contributed by atoms with van der Waals surface area (Å²) < 4.78 is 7.33. The lowest BCUT2D eigenvalue weighted by Gasteiger charge is -2.30. The molecule has 2 aliphatic rings. The second kappa shape index (κ2) is 13.1. The van der Waals surface area contributed by atoms with Crippen LogP contribution in [0.4, 0.5) is 17.1 Å². The van der Waals surface area contributed by atoms with Crippen LogP contribution in [0.3, 0.4) is 0 Å². The van der Waals surface area contributed by atoms with Crippen LogP contribution in [0.25, 0.3) is 71.7 Å². The number of nitrogens with zero attached hydrogens (tertiary/aromatic N) is 1. The summed E-state index contributed by atoms with van der Waals surface area (Å²) >= 11 is 0. The van der Waals surface area contributed by atoms with E-state index in [9.17, 15) is 0 Å². The lowest BCUT2D eigenvalue weighted by atomic mass is 9.82. The van der Waals surface area contributed by atoms with Crippen molar-refractivity contribution in [2.24, 2.45) is 0 Å². The molecule has 2 aliphatic carbocycles. The van der Waals surface area contributed by atoms with E-state index in [1.54, 1.807) is 0 Å². The molecule has 0 spiro atoms. The summed E-state index contributed by atoms with van der Waals surface area (Å²) in [6.07, 6.45) is 8.73. The molecule has 0 aliphatic heterocycles. The summed E-state index contributed by atoms with van der Waals surface area (Å²) in [4.78, 5) is 2.47. The fraction of sp³-hybridized carbons (Fsp3) is 0.0909. The highest BCUT2D eigenvalue weighted by Crippen LogP contribution is 2.53. The van der Waals surface area contributed by atoms with E-state index in [4.69, 9.17) is 4.42 Å². The zero-order valence-electron chi connectivity index (χ0n) is 32.2. The molecule has 0 radical (unpaired) electrons. The first-order valence-electron chi connectivity index (χ1n) is 20.1. The minimum Gasteiger partial charge on any atom is -0.453 e. The van der Waals surface area contributed by atoms with Gasteiger partial charge in [-0.05, 0) is 105 Å². The highest BCUT2D eigenvalue weighted by atomic mass is 16.3. The third-order valence-electron chi connectivity index (χ3n) is 12.3. The maximum absolute atomic E-state index is 7.33. The molecule has 57 heavy (non-hydrogen) atoms. The molecule has 0 saturated heterocycles. The lowest BCUT2D eigenvalue weighted by Crippen LogP contribution is -2.17. The van der Waals surface area contributed by atoms with Gasteiger partial charge in [0.15, 0.2) is 5.58 Å². The van der Waals surface area contributed by atoms with Crippen molar-refractivity contribution in [3.8, 4) is 33.4 Å². The van der Waals surface area contributed by atoms with E-state index in [0.717, 1.165) is 57.2 Å². The van der Waals surface area contributed by atoms with Crippen molar-refractivity contribution < 1.29 is 4.42 Å². The second-order valence-electron chi connectivity index (χ2n) is 16.0. The molecular formula is C55H41NO. The Hall–Kier alpha value is -6.90. The molecule has 272 valence electrons. The van der Waals surface area contributed by atoms with Crippen molar-refractivity contribution in [3.05, 3.63) is 205 Å². The molecule has 8 aromatic carbocycles. The molecule has 0 atom stereocenters. The number of anilines is 3. The summed E-state index contributed by atoms with van der Waals surface area (Å²) in [5, 5.41) is 4.54. The number of benzene rings is 8. The maximum atomic E-state index is 7.33. The number of rotatable bonds is 6. The SMILES string of the molecule is CC1(C)c2ccccc2-c2ccc(N(c3ccc(-c4ccccc4)cc3)c3c(C4=CC=CCC4)ccc4c3oc3c5ccccc5c(-c5ccccc5)cc43)cc21. The first-order valence-corrected chi connectivity index (χ1v) is 20.1. The monoisotopic (exact) mass is 731 g/mol. The molecule has 11 rings (SSSR count). The highest BCUT2D eigenvalue weighted by Gasteiger charge is 2.36. The molecule has 0 N–H and O–H groups in total. The average Bonchev–Trinajstić information content (AvgIpc) is 3.77. The van der Waals surface area contributed by atoms with Crippen LogP contribution in [-0.2, 0) is 5.41 Å². The van der Waals surface area contributed by atoms with Gasteiger partial charge in [-0.3, -0.25) is 0 Å². The standard InChI is InChI=1S/C55H41NO/c1-55(2)50-25-15-14-23-44(50)45-31-30-41(34-51(45)55)56(40-28-26-37(27-29-40)36-16-6-3-7-17-36)52-42(38-18-8-4-9-19-38)32-33-47-49-35-48(39-20-10-5-11-21-39)43-22-12-13-24-46(43)53(49)57-54(47)52/h3-8,10-18,20-35H,9,19H2,1-2H3. The zero-order valence-corrected chi connectivity index (χ0v) is 32.2. The van der Waals surface area contributed by atoms with Gasteiger partial charge in [0.1, 0.15) is 5.58 Å². The van der Waals surface area contributed by atoms with Crippen LogP contribution < -0.4 is 4.90 Å². The number of hydrogen-bond acceptors (Lipinski definition) is 2. The summed E-state index contributed by atoms with van der Waals surface area (Å²) in [6.45, 7) is 4.72. The Bertz CT molecular complexity index is 3070. The summed E-state index contributed by atoms with van der Waals surface area (Å²) in [5.41, 5.74) is 17.5. The van der Waals surface area contributed by atoms with Crippen LogP contribution >= 0.6 is 0 Å². The quantitative estimate of drug-likeness (QED) is 0.169. The summed E-state index contributed by atoms with van der Waals surface area (Å²) in [5.74, 6) is 0. The van der Waals surface area contributed by atoms with E-state index in [1.807, 2.05) is 0 Å². The molecule has 1 aromatic heterocycles. The average molecular weight is 732 g/mol. The van der Waals surface area contributed by atoms with E-state index in [1.165, 1.54) is 61.0 Å². The Balaban J connectivity index is 1.22. The number of allylic oxidation sites excluding steroid dienone is 4. The van der Waals surface area contributed by atoms with Crippen molar-refractivity contribution in [2.45, 2.75) is 32.1 Å². The molecule has 9 aromatic rings. The Labute approximate surface area is 333 Å². The van der Waals surface area contributed by atoms with Gasteiger partial charge in [0.2, 0.25) is 0 Å². The van der Waals surface area contributed by atoms with Crippen molar-refractivity contribution in [1.29, 1.82) is 0 Å². The van der Waals surface area contributed by atoms with Gasteiger partial charge < -0.3 is 9.32 Å². The minimum absolute atomic E-state index is 0.150. The molecule has 1 heterocycles. The molecule has 0 amide bonds. The van der Waals surface area contributed by atoms with Crippen molar-refractivity contribution in [3.63, 3.8) is 0 Å². The number of furan rings is 1. The van der Waals surface area contributed by atoms with Crippen LogP contribution in [0.1, 0.15) is 43.4 Å². The molecule has 0 bridgehead atoms. The number of hydrogen-bond donors (Lipinski definition) is 0. The van der Waals surface area contributed by atoms with E-state index in [0.29, 0.717) is 0 Å². The summed E-state index contributed by atoms with van der Waals surface area (Å²) in [6, 6.07) is 62.1. The first kappa shape index (κ1) is 33.4. The van der Waals surface area contributed by atoms with Crippen LogP contribution in [0.5, 0.6) is 0 Å². The van der Waals surface area contributed by atoms with Crippen molar-refractivity contribution >= 4 is 55.3 Å². The lowest BCUT2D eigenvalue weighted by molar-refractivity contribution is 0.660. The Kier molecular flexibility index (Phi) is 7.69. The van der Waals surface area contributed by atoms with Crippen LogP contribution in [0, 0.1) is 0 Å². The van der Waals surface area contributed by atoms with Gasteiger partial charge in [-0.1, -0.05) is 166 Å². The highest BCUT2D eigenvalue weighted by molar-refractivity contribution is 6.21. The van der Waals surface area contributed by atoms with Gasteiger partial charge in [0.05, 0.1) is 5.69 Å². The minimum atomic E-state index is -0.150. The fourth-order valence-corrected chi connectivity index (χ4v) is 9.48. The van der Waals surface area contributed by atoms with E-state index >= 15 is 0 Å². The van der Waals surface area contributed by atoms with Crippen LogP contribution in [0.15, 0.2) is 193 Å². The number of fused-ring (bicyclic) bond motifs is 8. The molecule has 0 fully saturated rings. The van der Waals surface area contributed by atoms with Crippen LogP contribution in [-0.4, -0.2) is 0 Å². The van der Waals surface area contributed by atoms with Gasteiger partial charge in [0.25, 0.3) is 0 Å². The Morgan fingerprint density at radius 3 is 1.88 bits per heavy atom. The zero-order chi connectivity index (χ0) is 38.1. The van der Waals surface area contributed by atoms with E-state index in [2.05, 4.69) is 207 Å². The molecule has 2 nitrogen and oxygen atoms in total. The van der Waals surface area contributed by atoms with E-state index in [-0.39, 0.29) is 5.41 Å². The van der Waals surface area contributed by atoms with Gasteiger partial charge in [-0.2, -0.15) is 0 Å². The van der Waals surface area contributed by atoms with Crippen LogP contribution in [0.2, 0.25) is 0 Å². The van der Waals surface area contributed by atoms with Gasteiger partial charge >= 0.3 is 0 Å². The molecular weight excluding hydrogens is 691 g/mol. The fourth-order valence-electron chi connectivity index (χ4n) is 9.48.